The molecule has 0 unspecified atom stereocenters. The van der Waals surface area contributed by atoms with Crippen molar-refractivity contribution in [1.82, 2.24) is 5.32 Å². The lowest BCUT2D eigenvalue weighted by molar-refractivity contribution is -0.118. The van der Waals surface area contributed by atoms with E-state index in [0.29, 0.717) is 12.3 Å². The van der Waals surface area contributed by atoms with Crippen molar-refractivity contribution >= 4 is 16.7 Å². The van der Waals surface area contributed by atoms with Crippen LogP contribution in [-0.2, 0) is 21.3 Å². The second-order valence-corrected chi connectivity index (χ2v) is 5.82. The largest absolute Gasteiger partial charge is 0.355 e. The van der Waals surface area contributed by atoms with E-state index in [-0.39, 0.29) is 11.7 Å². The number of benzene rings is 1. The number of unbranched alkanes of at least 4 members (excludes halogenated alkanes) is 1. The maximum atomic E-state index is 11.9. The summed E-state index contributed by atoms with van der Waals surface area (Å²) in [5, 5.41) is 2.78. The number of amides is 1. The van der Waals surface area contributed by atoms with Crippen LogP contribution in [0.15, 0.2) is 24.3 Å². The van der Waals surface area contributed by atoms with Gasteiger partial charge in [-0.2, -0.15) is 0 Å². The highest BCUT2D eigenvalue weighted by molar-refractivity contribution is 7.84. The molecule has 0 heterocycles. The molecule has 0 saturated heterocycles. The number of hydrogen-bond donors (Lipinski definition) is 1. The smallest absolute Gasteiger partial charge is 0.232 e. The van der Waals surface area contributed by atoms with E-state index in [1.807, 2.05) is 31.2 Å². The standard InChI is InChI=1S/C14H21NO2S/c1-3-4-9-15-14(16)11-18(17)10-13-8-6-5-7-12(13)2/h5-8H,3-4,9-11H2,1-2H3,(H,15,16)/t18-/m0/s1. The van der Waals surface area contributed by atoms with Gasteiger partial charge >= 0.3 is 0 Å². The molecule has 4 heteroatoms. The van der Waals surface area contributed by atoms with Crippen LogP contribution in [-0.4, -0.2) is 22.4 Å². The van der Waals surface area contributed by atoms with Crippen LogP contribution >= 0.6 is 0 Å². The van der Waals surface area contributed by atoms with Crippen LogP contribution in [0.2, 0.25) is 0 Å². The molecule has 0 aromatic heterocycles. The Kier molecular flexibility index (Phi) is 6.65. The van der Waals surface area contributed by atoms with Crippen LogP contribution in [0.4, 0.5) is 0 Å². The summed E-state index contributed by atoms with van der Waals surface area (Å²) >= 11 is 0. The van der Waals surface area contributed by atoms with Crippen molar-refractivity contribution in [2.45, 2.75) is 32.4 Å². The second-order valence-electron chi connectivity index (χ2n) is 4.36. The van der Waals surface area contributed by atoms with Gasteiger partial charge in [-0.05, 0) is 24.5 Å². The predicted octanol–water partition coefficient (Wildman–Crippen LogP) is 2.16. The first-order chi connectivity index (χ1) is 8.63. The predicted molar refractivity (Wildman–Crippen MR) is 75.8 cm³/mol. The van der Waals surface area contributed by atoms with E-state index < -0.39 is 10.8 Å². The van der Waals surface area contributed by atoms with Crippen LogP contribution in [0.3, 0.4) is 0 Å². The Morgan fingerprint density at radius 1 is 1.33 bits per heavy atom. The van der Waals surface area contributed by atoms with Gasteiger partial charge in [0.05, 0.1) is 0 Å². The van der Waals surface area contributed by atoms with E-state index in [1.165, 1.54) is 0 Å². The third kappa shape index (κ3) is 5.45. The summed E-state index contributed by atoms with van der Waals surface area (Å²) in [6.07, 6.45) is 2.02. The molecule has 1 aromatic rings. The molecule has 0 aliphatic carbocycles. The molecule has 0 radical (unpaired) electrons. The van der Waals surface area contributed by atoms with Gasteiger partial charge in [-0.1, -0.05) is 37.6 Å². The van der Waals surface area contributed by atoms with Gasteiger partial charge in [0.2, 0.25) is 5.91 Å². The van der Waals surface area contributed by atoms with Crippen molar-refractivity contribution in [2.75, 3.05) is 12.3 Å². The summed E-state index contributed by atoms with van der Waals surface area (Å²) < 4.78 is 11.9. The first-order valence-corrected chi connectivity index (χ1v) is 7.78. The average molecular weight is 267 g/mol. The first-order valence-electron chi connectivity index (χ1n) is 6.29. The van der Waals surface area contributed by atoms with Crippen LogP contribution in [0, 0.1) is 6.92 Å². The van der Waals surface area contributed by atoms with E-state index in [2.05, 4.69) is 12.2 Å². The van der Waals surface area contributed by atoms with Gasteiger partial charge in [0.25, 0.3) is 0 Å². The summed E-state index contributed by atoms with van der Waals surface area (Å²) in [5.74, 6) is 0.432. The molecule has 0 fully saturated rings. The molecule has 100 valence electrons. The van der Waals surface area contributed by atoms with Crippen LogP contribution in [0.1, 0.15) is 30.9 Å². The molecule has 0 bridgehead atoms. The van der Waals surface area contributed by atoms with E-state index in [9.17, 15) is 9.00 Å². The van der Waals surface area contributed by atoms with Crippen molar-refractivity contribution in [1.29, 1.82) is 0 Å². The van der Waals surface area contributed by atoms with Gasteiger partial charge in [0.1, 0.15) is 5.75 Å². The molecule has 0 aliphatic heterocycles. The number of nitrogens with one attached hydrogen (secondary N) is 1. The minimum Gasteiger partial charge on any atom is -0.355 e. The Balaban J connectivity index is 2.38. The third-order valence-corrected chi connectivity index (χ3v) is 3.94. The Labute approximate surface area is 111 Å². The molecule has 1 rings (SSSR count). The monoisotopic (exact) mass is 267 g/mol. The average Bonchev–Trinajstić information content (AvgIpc) is 2.32. The van der Waals surface area contributed by atoms with Crippen LogP contribution in [0.5, 0.6) is 0 Å². The highest BCUT2D eigenvalue weighted by Crippen LogP contribution is 2.09. The van der Waals surface area contributed by atoms with Crippen molar-refractivity contribution in [3.05, 3.63) is 35.4 Å². The van der Waals surface area contributed by atoms with E-state index in [0.717, 1.165) is 24.0 Å². The first kappa shape index (κ1) is 14.9. The Morgan fingerprint density at radius 3 is 2.72 bits per heavy atom. The fourth-order valence-electron chi connectivity index (χ4n) is 1.60. The molecule has 1 atom stereocenters. The van der Waals surface area contributed by atoms with Gasteiger partial charge in [-0.3, -0.25) is 9.00 Å². The third-order valence-electron chi connectivity index (χ3n) is 2.72. The lowest BCUT2D eigenvalue weighted by Crippen LogP contribution is -2.29. The molecule has 1 aromatic carbocycles. The number of hydrogen-bond acceptors (Lipinski definition) is 2. The van der Waals surface area contributed by atoms with Crippen LogP contribution < -0.4 is 5.32 Å². The summed E-state index contributed by atoms with van der Waals surface area (Å²) in [5.41, 5.74) is 2.18. The van der Waals surface area contributed by atoms with Crippen molar-refractivity contribution < 1.29 is 9.00 Å². The number of aryl methyl sites for hydroxylation is 1. The molecular weight excluding hydrogens is 246 g/mol. The molecule has 0 aliphatic rings. The summed E-state index contributed by atoms with van der Waals surface area (Å²) in [7, 11) is -1.13. The maximum absolute atomic E-state index is 11.9. The van der Waals surface area contributed by atoms with Gasteiger partial charge in [-0.25, -0.2) is 0 Å². The Morgan fingerprint density at radius 2 is 2.06 bits per heavy atom. The second kappa shape index (κ2) is 8.03. The van der Waals surface area contributed by atoms with Crippen molar-refractivity contribution in [2.24, 2.45) is 0 Å². The fraction of sp³-hybridized carbons (Fsp3) is 0.500. The Bertz CT molecular complexity index is 418. The van der Waals surface area contributed by atoms with Crippen molar-refractivity contribution in [3.8, 4) is 0 Å². The SMILES string of the molecule is CCCCNC(=O)C[S@@](=O)Cc1ccccc1C. The minimum absolute atomic E-state index is 0.0953. The van der Waals surface area contributed by atoms with Gasteiger partial charge in [0.15, 0.2) is 0 Å². The zero-order valence-electron chi connectivity index (χ0n) is 11.1. The lowest BCUT2D eigenvalue weighted by Gasteiger charge is -2.06. The summed E-state index contributed by atoms with van der Waals surface area (Å²) in [6.45, 7) is 4.74. The minimum atomic E-state index is -1.13. The van der Waals surface area contributed by atoms with E-state index in [1.54, 1.807) is 0 Å². The quantitative estimate of drug-likeness (QED) is 0.770. The zero-order chi connectivity index (χ0) is 13.4. The van der Waals surface area contributed by atoms with Gasteiger partial charge < -0.3 is 5.32 Å². The normalized spacial score (nSPS) is 12.1. The van der Waals surface area contributed by atoms with E-state index in [4.69, 9.17) is 0 Å². The molecule has 0 saturated carbocycles. The highest BCUT2D eigenvalue weighted by Gasteiger charge is 2.09. The number of carbonyl (C=O) groups excluding carboxylic acids is 1. The molecule has 1 amide bonds. The maximum Gasteiger partial charge on any atom is 0.232 e. The molecule has 18 heavy (non-hydrogen) atoms. The topological polar surface area (TPSA) is 46.2 Å². The fourth-order valence-corrected chi connectivity index (χ4v) is 2.77. The molecule has 3 nitrogen and oxygen atoms in total. The zero-order valence-corrected chi connectivity index (χ0v) is 11.9. The summed E-state index contributed by atoms with van der Waals surface area (Å²) in [6, 6.07) is 7.84. The van der Waals surface area contributed by atoms with Crippen LogP contribution in [0.25, 0.3) is 0 Å². The summed E-state index contributed by atoms with van der Waals surface area (Å²) in [4.78, 5) is 11.5. The number of rotatable bonds is 7. The molecule has 0 spiro atoms. The van der Waals surface area contributed by atoms with E-state index >= 15 is 0 Å². The van der Waals surface area contributed by atoms with Crippen molar-refractivity contribution in [3.63, 3.8) is 0 Å². The molecule has 1 N–H and O–H groups in total. The highest BCUT2D eigenvalue weighted by atomic mass is 32.2. The van der Waals surface area contributed by atoms with Gasteiger partial charge in [-0.15, -0.1) is 0 Å². The number of carbonyl (C=O) groups is 1. The Hall–Kier alpha value is -1.16. The lowest BCUT2D eigenvalue weighted by atomic mass is 10.1. The van der Waals surface area contributed by atoms with Gasteiger partial charge in [0, 0.05) is 23.1 Å². The molecular formula is C14H21NO2S.